The van der Waals surface area contributed by atoms with Crippen LogP contribution in [0.1, 0.15) is 48.7 Å². The molecule has 0 unspecified atom stereocenters. The zero-order valence-corrected chi connectivity index (χ0v) is 17.9. The Morgan fingerprint density at radius 1 is 1.00 bits per heavy atom. The molecule has 7 heteroatoms. The Morgan fingerprint density at radius 2 is 1.60 bits per heavy atom. The minimum absolute atomic E-state index is 0.0134. The maximum atomic E-state index is 12.7. The van der Waals surface area contributed by atoms with E-state index in [0.717, 1.165) is 5.56 Å². The minimum Gasteiger partial charge on any atom is -0.550 e. The maximum absolute atomic E-state index is 12.7. The fraction of sp³-hybridized carbons (Fsp3) is 0.261. The monoisotopic (exact) mass is 427 g/mol. The number of carbonyl (C=O) groups is 3. The van der Waals surface area contributed by atoms with Crippen molar-refractivity contribution in [1.29, 1.82) is 0 Å². The molecule has 0 saturated heterocycles. The Balaban J connectivity index is 2.22. The summed E-state index contributed by atoms with van der Waals surface area (Å²) in [7, 11) is 0. The molecule has 0 spiro atoms. The van der Waals surface area contributed by atoms with Gasteiger partial charge in [-0.25, -0.2) is 0 Å². The third-order valence-corrected chi connectivity index (χ3v) is 4.55. The number of hydrogen-bond donors (Lipinski definition) is 2. The van der Waals surface area contributed by atoms with Gasteiger partial charge in [-0.05, 0) is 46.9 Å². The van der Waals surface area contributed by atoms with Crippen molar-refractivity contribution in [2.75, 3.05) is 6.54 Å². The molecular formula is C23H24ClN2O4-. The van der Waals surface area contributed by atoms with Crippen molar-refractivity contribution in [2.24, 2.45) is 0 Å². The molecule has 0 aromatic heterocycles. The standard InChI is InChI=1S/C23H25ClN2O4/c1-23(2,3)17-8-6-16(7-9-17)21(29)26-19(22(30)25-13-12-20(27)28)14-15-4-10-18(24)11-5-15/h4-11,14H,12-13H2,1-3H3,(H,25,30)(H,26,29)(H,27,28)/p-1/b19-14+. The lowest BCUT2D eigenvalue weighted by Gasteiger charge is -2.19. The second-order valence-corrected chi connectivity index (χ2v) is 8.21. The molecule has 0 fully saturated rings. The Kier molecular flexibility index (Phi) is 7.78. The van der Waals surface area contributed by atoms with Gasteiger partial charge in [0.25, 0.3) is 11.8 Å². The van der Waals surface area contributed by atoms with Gasteiger partial charge in [0.15, 0.2) is 0 Å². The van der Waals surface area contributed by atoms with Gasteiger partial charge in [0, 0.05) is 29.5 Å². The summed E-state index contributed by atoms with van der Waals surface area (Å²) in [4.78, 5) is 35.8. The lowest BCUT2D eigenvalue weighted by atomic mass is 9.87. The van der Waals surface area contributed by atoms with Crippen LogP contribution in [-0.2, 0) is 15.0 Å². The minimum atomic E-state index is -1.28. The van der Waals surface area contributed by atoms with Gasteiger partial charge in [-0.15, -0.1) is 0 Å². The topological polar surface area (TPSA) is 98.3 Å². The van der Waals surface area contributed by atoms with Crippen molar-refractivity contribution in [2.45, 2.75) is 32.6 Å². The number of hydrogen-bond acceptors (Lipinski definition) is 4. The number of halogens is 1. The Morgan fingerprint density at radius 3 is 2.13 bits per heavy atom. The molecule has 30 heavy (non-hydrogen) atoms. The number of carboxylic acid groups (broad SMARTS) is 1. The van der Waals surface area contributed by atoms with Crippen LogP contribution in [0, 0.1) is 0 Å². The van der Waals surface area contributed by atoms with Crippen molar-refractivity contribution in [3.8, 4) is 0 Å². The van der Waals surface area contributed by atoms with E-state index in [0.29, 0.717) is 16.1 Å². The van der Waals surface area contributed by atoms with Crippen molar-refractivity contribution in [3.05, 3.63) is 75.9 Å². The Bertz CT molecular complexity index is 943. The van der Waals surface area contributed by atoms with Crippen LogP contribution in [0.2, 0.25) is 5.02 Å². The summed E-state index contributed by atoms with van der Waals surface area (Å²) >= 11 is 5.89. The second kappa shape index (κ2) is 10.1. The number of amides is 2. The number of aliphatic carboxylic acids is 1. The average molecular weight is 428 g/mol. The SMILES string of the molecule is CC(C)(C)c1ccc(C(=O)N/C(=C/c2ccc(Cl)cc2)C(=O)NCCC(=O)[O-])cc1. The molecule has 2 amide bonds. The predicted octanol–water partition coefficient (Wildman–Crippen LogP) is 2.66. The van der Waals surface area contributed by atoms with Gasteiger partial charge in [0.2, 0.25) is 0 Å². The van der Waals surface area contributed by atoms with Crippen LogP contribution in [0.4, 0.5) is 0 Å². The summed E-state index contributed by atoms with van der Waals surface area (Å²) in [5.74, 6) is -2.34. The van der Waals surface area contributed by atoms with E-state index >= 15 is 0 Å². The first-order valence-corrected chi connectivity index (χ1v) is 9.81. The van der Waals surface area contributed by atoms with Crippen LogP contribution in [0.25, 0.3) is 6.08 Å². The number of nitrogens with one attached hydrogen (secondary N) is 2. The average Bonchev–Trinajstić information content (AvgIpc) is 2.68. The second-order valence-electron chi connectivity index (χ2n) is 7.77. The van der Waals surface area contributed by atoms with Gasteiger partial charge in [-0.3, -0.25) is 9.59 Å². The first kappa shape index (κ1) is 23.2. The van der Waals surface area contributed by atoms with Crippen molar-refractivity contribution < 1.29 is 19.5 Å². The van der Waals surface area contributed by atoms with Crippen molar-refractivity contribution >= 4 is 35.5 Å². The molecule has 2 rings (SSSR count). The quantitative estimate of drug-likeness (QED) is 0.663. The Hall–Kier alpha value is -3.12. The van der Waals surface area contributed by atoms with Crippen LogP contribution in [0.5, 0.6) is 0 Å². The summed E-state index contributed by atoms with van der Waals surface area (Å²) in [5, 5.41) is 16.2. The summed E-state index contributed by atoms with van der Waals surface area (Å²) in [6, 6.07) is 13.8. The summed E-state index contributed by atoms with van der Waals surface area (Å²) in [6.45, 7) is 6.11. The van der Waals surface area contributed by atoms with Gasteiger partial charge >= 0.3 is 0 Å². The van der Waals surface area contributed by atoms with E-state index in [1.165, 1.54) is 6.08 Å². The van der Waals surface area contributed by atoms with Gasteiger partial charge in [0.1, 0.15) is 5.70 Å². The lowest BCUT2D eigenvalue weighted by Crippen LogP contribution is -2.37. The van der Waals surface area contributed by atoms with Gasteiger partial charge in [0.05, 0.1) is 0 Å². The van der Waals surface area contributed by atoms with Crippen LogP contribution in [0.15, 0.2) is 54.2 Å². The highest BCUT2D eigenvalue weighted by molar-refractivity contribution is 6.30. The molecule has 0 atom stereocenters. The zero-order valence-electron chi connectivity index (χ0n) is 17.1. The van der Waals surface area contributed by atoms with Crippen LogP contribution >= 0.6 is 11.6 Å². The molecule has 0 saturated carbocycles. The van der Waals surface area contributed by atoms with Gasteiger partial charge in [-0.1, -0.05) is 56.6 Å². The first-order valence-electron chi connectivity index (χ1n) is 9.43. The molecule has 0 radical (unpaired) electrons. The van der Waals surface area contributed by atoms with Crippen LogP contribution in [-0.4, -0.2) is 24.3 Å². The number of benzene rings is 2. The Labute approximate surface area is 180 Å². The van der Waals surface area contributed by atoms with Gasteiger partial charge < -0.3 is 20.5 Å². The predicted molar refractivity (Wildman–Crippen MR) is 115 cm³/mol. The molecule has 0 heterocycles. The molecular weight excluding hydrogens is 404 g/mol. The molecule has 0 aliphatic heterocycles. The molecule has 2 aromatic carbocycles. The lowest BCUT2D eigenvalue weighted by molar-refractivity contribution is -0.305. The molecule has 0 bridgehead atoms. The fourth-order valence-electron chi connectivity index (χ4n) is 2.57. The van der Waals surface area contributed by atoms with E-state index in [4.69, 9.17) is 11.6 Å². The van der Waals surface area contributed by atoms with E-state index in [1.807, 2.05) is 12.1 Å². The molecule has 2 aromatic rings. The van der Waals surface area contributed by atoms with Crippen LogP contribution < -0.4 is 15.7 Å². The van der Waals surface area contributed by atoms with Crippen LogP contribution in [0.3, 0.4) is 0 Å². The van der Waals surface area contributed by atoms with Gasteiger partial charge in [-0.2, -0.15) is 0 Å². The summed E-state index contributed by atoms with van der Waals surface area (Å²) in [6.07, 6.45) is 1.16. The summed E-state index contributed by atoms with van der Waals surface area (Å²) < 4.78 is 0. The highest BCUT2D eigenvalue weighted by Gasteiger charge is 2.17. The van der Waals surface area contributed by atoms with Crippen molar-refractivity contribution in [1.82, 2.24) is 10.6 Å². The molecule has 0 aliphatic carbocycles. The van der Waals surface area contributed by atoms with E-state index in [1.54, 1.807) is 36.4 Å². The molecule has 158 valence electrons. The zero-order chi connectivity index (χ0) is 22.3. The highest BCUT2D eigenvalue weighted by atomic mass is 35.5. The van der Waals surface area contributed by atoms with E-state index in [9.17, 15) is 19.5 Å². The van der Waals surface area contributed by atoms with E-state index in [-0.39, 0.29) is 24.1 Å². The molecule has 0 aliphatic rings. The highest BCUT2D eigenvalue weighted by Crippen LogP contribution is 2.22. The van der Waals surface area contributed by atoms with E-state index in [2.05, 4.69) is 31.4 Å². The normalized spacial score (nSPS) is 11.7. The largest absolute Gasteiger partial charge is 0.550 e. The third-order valence-electron chi connectivity index (χ3n) is 4.30. The smallest absolute Gasteiger partial charge is 0.267 e. The number of rotatable bonds is 7. The first-order chi connectivity index (χ1) is 14.1. The summed E-state index contributed by atoms with van der Waals surface area (Å²) in [5.41, 5.74) is 2.06. The number of carbonyl (C=O) groups excluding carboxylic acids is 3. The fourth-order valence-corrected chi connectivity index (χ4v) is 2.70. The van der Waals surface area contributed by atoms with E-state index < -0.39 is 17.8 Å². The molecule has 2 N–H and O–H groups in total. The maximum Gasteiger partial charge on any atom is 0.267 e. The number of carboxylic acids is 1. The third kappa shape index (κ3) is 7.04. The molecule has 6 nitrogen and oxygen atoms in total. The van der Waals surface area contributed by atoms with Crippen molar-refractivity contribution in [3.63, 3.8) is 0 Å².